The molecule has 10 heteroatoms. The van der Waals surface area contributed by atoms with E-state index >= 15 is 0 Å². The number of amides is 1. The van der Waals surface area contributed by atoms with E-state index in [0.717, 1.165) is 17.8 Å². The van der Waals surface area contributed by atoms with E-state index in [9.17, 15) is 9.18 Å². The number of anilines is 1. The number of furan rings is 1. The predicted octanol–water partition coefficient (Wildman–Crippen LogP) is 3.16. The number of nitrogens with zero attached hydrogens (tertiary/aromatic N) is 3. The Balaban J connectivity index is 1.69. The van der Waals surface area contributed by atoms with E-state index in [1.165, 1.54) is 23.1 Å². The predicted molar refractivity (Wildman–Crippen MR) is 93.2 cm³/mol. The van der Waals surface area contributed by atoms with Crippen molar-refractivity contribution in [2.75, 3.05) is 11.2 Å². The van der Waals surface area contributed by atoms with Gasteiger partial charge in [0.1, 0.15) is 5.82 Å². The number of carbonyl (C=O) groups excluding carboxylic acids is 1. The molecule has 25 heavy (non-hydrogen) atoms. The number of hydrogen-bond donors (Lipinski definition) is 2. The molecule has 7 nitrogen and oxygen atoms in total. The molecule has 3 rings (SSSR count). The smallest absolute Gasteiger partial charge is 0.237 e. The molecule has 3 N–H and O–H groups in total. The first-order valence-corrected chi connectivity index (χ1v) is 8.38. The lowest BCUT2D eigenvalue weighted by Crippen LogP contribution is -2.24. The van der Waals surface area contributed by atoms with Gasteiger partial charge < -0.3 is 15.6 Å². The Morgan fingerprint density at radius 2 is 2.24 bits per heavy atom. The Morgan fingerprint density at radius 1 is 1.44 bits per heavy atom. The molecule has 3 aromatic rings. The van der Waals surface area contributed by atoms with Crippen molar-refractivity contribution in [2.24, 2.45) is 0 Å². The van der Waals surface area contributed by atoms with Crippen LogP contribution in [0.15, 0.2) is 46.2 Å². The van der Waals surface area contributed by atoms with Gasteiger partial charge in [0, 0.05) is 5.02 Å². The molecule has 1 atom stereocenters. The van der Waals surface area contributed by atoms with E-state index < -0.39 is 17.0 Å². The van der Waals surface area contributed by atoms with Crippen LogP contribution in [0, 0.1) is 5.82 Å². The summed E-state index contributed by atoms with van der Waals surface area (Å²) in [6.07, 6.45) is 1.49. The number of nitrogens with two attached hydrogens (primary N) is 1. The summed E-state index contributed by atoms with van der Waals surface area (Å²) in [5, 5.41) is 10.4. The maximum atomic E-state index is 13.8. The third kappa shape index (κ3) is 3.77. The lowest BCUT2D eigenvalue weighted by Gasteiger charge is -2.12. The Hall–Kier alpha value is -2.52. The van der Waals surface area contributed by atoms with Crippen molar-refractivity contribution in [3.63, 3.8) is 0 Å². The molecule has 0 aliphatic rings. The summed E-state index contributed by atoms with van der Waals surface area (Å²) in [6.45, 7) is 1.65. The maximum absolute atomic E-state index is 13.8. The molecule has 0 aliphatic carbocycles. The first-order valence-electron chi connectivity index (χ1n) is 7.12. The molecular formula is C15H13ClFN5O2S. The molecule has 0 bridgehead atoms. The lowest BCUT2D eigenvalue weighted by molar-refractivity contribution is -0.115. The molecule has 2 heterocycles. The van der Waals surface area contributed by atoms with E-state index in [0.29, 0.717) is 16.7 Å². The van der Waals surface area contributed by atoms with E-state index in [-0.39, 0.29) is 10.7 Å². The fourth-order valence-corrected chi connectivity index (χ4v) is 2.90. The van der Waals surface area contributed by atoms with Crippen LogP contribution >= 0.6 is 23.4 Å². The van der Waals surface area contributed by atoms with Gasteiger partial charge in [-0.25, -0.2) is 9.07 Å². The monoisotopic (exact) mass is 381 g/mol. The van der Waals surface area contributed by atoms with Gasteiger partial charge in [-0.2, -0.15) is 0 Å². The Morgan fingerprint density at radius 3 is 2.92 bits per heavy atom. The minimum Gasteiger partial charge on any atom is -0.461 e. The van der Waals surface area contributed by atoms with Crippen LogP contribution in [0.1, 0.15) is 6.92 Å². The van der Waals surface area contributed by atoms with Gasteiger partial charge in [0.2, 0.25) is 16.9 Å². The van der Waals surface area contributed by atoms with Crippen molar-refractivity contribution in [3.8, 4) is 11.6 Å². The highest BCUT2D eigenvalue weighted by Crippen LogP contribution is 2.26. The average Bonchev–Trinajstić information content (AvgIpc) is 3.20. The van der Waals surface area contributed by atoms with Crippen LogP contribution in [0.2, 0.25) is 5.02 Å². The van der Waals surface area contributed by atoms with Gasteiger partial charge >= 0.3 is 0 Å². The topological polar surface area (TPSA) is 99.0 Å². The summed E-state index contributed by atoms with van der Waals surface area (Å²) >= 11 is 6.78. The van der Waals surface area contributed by atoms with Gasteiger partial charge in [-0.05, 0) is 37.3 Å². The zero-order valence-corrected chi connectivity index (χ0v) is 14.5. The minimum atomic E-state index is -0.611. The number of hydrogen-bond acceptors (Lipinski definition) is 6. The van der Waals surface area contributed by atoms with Crippen molar-refractivity contribution < 1.29 is 13.6 Å². The highest BCUT2D eigenvalue weighted by Gasteiger charge is 2.21. The Labute approximate surface area is 151 Å². The molecule has 2 aromatic heterocycles. The Kier molecular flexibility index (Phi) is 4.95. The quantitative estimate of drug-likeness (QED) is 0.520. The van der Waals surface area contributed by atoms with Crippen LogP contribution in [-0.2, 0) is 4.79 Å². The second-order valence-corrected chi connectivity index (χ2v) is 6.77. The van der Waals surface area contributed by atoms with Crippen molar-refractivity contribution in [2.45, 2.75) is 17.3 Å². The molecule has 0 spiro atoms. The number of aromatic nitrogens is 3. The van der Waals surface area contributed by atoms with Crippen molar-refractivity contribution in [3.05, 3.63) is 47.4 Å². The van der Waals surface area contributed by atoms with E-state index in [4.69, 9.17) is 21.9 Å². The van der Waals surface area contributed by atoms with E-state index in [1.807, 2.05) is 0 Å². The van der Waals surface area contributed by atoms with Gasteiger partial charge in [-0.15, -0.1) is 10.2 Å². The normalized spacial score (nSPS) is 12.1. The summed E-state index contributed by atoms with van der Waals surface area (Å²) < 4.78 is 20.2. The van der Waals surface area contributed by atoms with Crippen LogP contribution in [0.5, 0.6) is 0 Å². The zero-order valence-electron chi connectivity index (χ0n) is 12.9. The second kappa shape index (κ2) is 7.16. The number of halogens is 2. The van der Waals surface area contributed by atoms with Gasteiger partial charge in [0.25, 0.3) is 0 Å². The largest absolute Gasteiger partial charge is 0.461 e. The summed E-state index contributed by atoms with van der Waals surface area (Å²) in [7, 11) is 0. The highest BCUT2D eigenvalue weighted by molar-refractivity contribution is 8.00. The molecule has 0 saturated carbocycles. The lowest BCUT2D eigenvalue weighted by atomic mass is 10.3. The summed E-state index contributed by atoms with van der Waals surface area (Å²) in [6, 6.07) is 7.41. The minimum absolute atomic E-state index is 0.0485. The van der Waals surface area contributed by atoms with E-state index in [1.54, 1.807) is 19.1 Å². The van der Waals surface area contributed by atoms with Crippen LogP contribution in [-0.4, -0.2) is 26.0 Å². The molecule has 0 aliphatic heterocycles. The molecule has 130 valence electrons. The fraction of sp³-hybridized carbons (Fsp3) is 0.133. The van der Waals surface area contributed by atoms with Gasteiger partial charge in [-0.1, -0.05) is 23.4 Å². The van der Waals surface area contributed by atoms with E-state index in [2.05, 4.69) is 15.5 Å². The molecule has 1 aromatic carbocycles. The second-order valence-electron chi connectivity index (χ2n) is 5.03. The number of nitrogen functional groups attached to an aromatic ring is 1. The average molecular weight is 382 g/mol. The van der Waals surface area contributed by atoms with Crippen molar-refractivity contribution >= 4 is 35.0 Å². The number of rotatable bonds is 5. The fourth-order valence-electron chi connectivity index (χ4n) is 1.97. The van der Waals surface area contributed by atoms with Crippen LogP contribution in [0.25, 0.3) is 11.6 Å². The summed E-state index contributed by atoms with van der Waals surface area (Å²) in [4.78, 5) is 12.3. The van der Waals surface area contributed by atoms with Crippen molar-refractivity contribution in [1.82, 2.24) is 14.9 Å². The van der Waals surface area contributed by atoms with Gasteiger partial charge in [-0.3, -0.25) is 4.79 Å². The van der Waals surface area contributed by atoms with Crippen LogP contribution in [0.3, 0.4) is 0 Å². The Bertz CT molecular complexity index is 899. The highest BCUT2D eigenvalue weighted by atomic mass is 35.5. The van der Waals surface area contributed by atoms with Crippen LogP contribution < -0.4 is 11.2 Å². The number of nitrogens with one attached hydrogen (secondary N) is 1. The summed E-state index contributed by atoms with van der Waals surface area (Å²) in [5.41, 5.74) is 0.0485. The number of thioether (sulfide) groups is 1. The summed E-state index contributed by atoms with van der Waals surface area (Å²) in [5.74, 6) is 5.72. The van der Waals surface area contributed by atoms with Crippen molar-refractivity contribution in [1.29, 1.82) is 0 Å². The third-order valence-corrected chi connectivity index (χ3v) is 4.54. The number of benzene rings is 1. The van der Waals surface area contributed by atoms with Gasteiger partial charge in [0.15, 0.2) is 5.76 Å². The van der Waals surface area contributed by atoms with Gasteiger partial charge in [0.05, 0.1) is 17.2 Å². The molecule has 1 unspecified atom stereocenters. The first kappa shape index (κ1) is 17.3. The molecule has 0 fully saturated rings. The maximum Gasteiger partial charge on any atom is 0.237 e. The first-order chi connectivity index (χ1) is 12.0. The van der Waals surface area contributed by atoms with Crippen LogP contribution in [0.4, 0.5) is 10.1 Å². The number of carbonyl (C=O) groups is 1. The third-order valence-electron chi connectivity index (χ3n) is 3.25. The molecule has 0 radical (unpaired) electrons. The standard InChI is InChI=1S/C15H13ClFN5O2S/c1-8(14(23)19-11-5-4-9(16)7-10(11)17)25-15-21-20-13(22(15)18)12-3-2-6-24-12/h2-8H,18H2,1H3,(H,19,23). The molecule has 1 amide bonds. The SMILES string of the molecule is CC(Sc1nnc(-c2ccco2)n1N)C(=O)Nc1ccc(Cl)cc1F. The molecule has 0 saturated heterocycles. The zero-order chi connectivity index (χ0) is 18.0. The molecular weight excluding hydrogens is 369 g/mol.